The fourth-order valence-corrected chi connectivity index (χ4v) is 2.48. The van der Waals surface area contributed by atoms with Crippen molar-refractivity contribution in [3.05, 3.63) is 17.0 Å². The minimum Gasteiger partial charge on any atom is -0.352 e. The molecule has 2 N–H and O–H groups in total. The molecule has 19 heavy (non-hydrogen) atoms. The quantitative estimate of drug-likeness (QED) is 0.874. The Labute approximate surface area is 120 Å². The highest BCUT2D eigenvalue weighted by Gasteiger charge is 2.21. The largest absolute Gasteiger partial charge is 0.352 e. The van der Waals surface area contributed by atoms with Crippen LogP contribution in [0.15, 0.2) is 0 Å². The molecular weight excluding hydrogens is 264 g/mol. The summed E-state index contributed by atoms with van der Waals surface area (Å²) in [5.74, 6) is 0.350. The van der Waals surface area contributed by atoms with Crippen LogP contribution in [0.5, 0.6) is 0 Å². The molecule has 1 saturated heterocycles. The Morgan fingerprint density at radius 1 is 1.42 bits per heavy atom. The molecule has 0 radical (unpaired) electrons. The number of carbonyl (C=O) groups excluding carboxylic acids is 1. The molecule has 2 rings (SSSR count). The lowest BCUT2D eigenvalue weighted by Gasteiger charge is -2.21. The van der Waals surface area contributed by atoms with Crippen molar-refractivity contribution in [2.75, 3.05) is 13.1 Å². The van der Waals surface area contributed by atoms with Crippen LogP contribution in [0.2, 0.25) is 0 Å². The molecule has 1 aliphatic heterocycles. The molecule has 108 valence electrons. The van der Waals surface area contributed by atoms with Crippen LogP contribution in [0.4, 0.5) is 0 Å². The van der Waals surface area contributed by atoms with E-state index in [2.05, 4.69) is 15.7 Å². The van der Waals surface area contributed by atoms with Crippen LogP contribution < -0.4 is 10.6 Å². The van der Waals surface area contributed by atoms with Gasteiger partial charge in [-0.1, -0.05) is 0 Å². The first-order valence-corrected chi connectivity index (χ1v) is 6.57. The van der Waals surface area contributed by atoms with Crippen LogP contribution in [0.25, 0.3) is 0 Å². The molecule has 1 fully saturated rings. The van der Waals surface area contributed by atoms with Crippen molar-refractivity contribution < 1.29 is 4.79 Å². The molecule has 1 amide bonds. The molecule has 0 unspecified atom stereocenters. The van der Waals surface area contributed by atoms with Gasteiger partial charge in [0.15, 0.2) is 0 Å². The van der Waals surface area contributed by atoms with Crippen LogP contribution in [0.1, 0.15) is 29.8 Å². The summed E-state index contributed by atoms with van der Waals surface area (Å²) >= 11 is 0. The van der Waals surface area contributed by atoms with Gasteiger partial charge < -0.3 is 10.6 Å². The summed E-state index contributed by atoms with van der Waals surface area (Å²) in [6.45, 7) is 6.51. The number of hydrogen-bond donors (Lipinski definition) is 2. The van der Waals surface area contributed by atoms with Gasteiger partial charge in [-0.25, -0.2) is 0 Å². The standard InChI is InChI=1S/C13H22N4O.ClH/c1-9-12(10(2)17(3)16-9)8-15-13(18)11-4-6-14-7-5-11;/h11,14H,4-8H2,1-3H3,(H,15,18);1H. The molecule has 0 spiro atoms. The van der Waals surface area contributed by atoms with Crippen LogP contribution in [-0.2, 0) is 18.4 Å². The van der Waals surface area contributed by atoms with E-state index in [0.717, 1.165) is 42.9 Å². The number of aromatic nitrogens is 2. The van der Waals surface area contributed by atoms with E-state index < -0.39 is 0 Å². The van der Waals surface area contributed by atoms with Crippen LogP contribution >= 0.6 is 12.4 Å². The Hall–Kier alpha value is -1.07. The van der Waals surface area contributed by atoms with Crippen molar-refractivity contribution in [1.82, 2.24) is 20.4 Å². The van der Waals surface area contributed by atoms with Crippen LogP contribution in [-0.4, -0.2) is 28.8 Å². The van der Waals surface area contributed by atoms with E-state index in [1.807, 2.05) is 25.6 Å². The van der Waals surface area contributed by atoms with E-state index in [9.17, 15) is 4.79 Å². The third-order valence-corrected chi connectivity index (χ3v) is 3.81. The van der Waals surface area contributed by atoms with E-state index in [1.165, 1.54) is 0 Å². The van der Waals surface area contributed by atoms with Crippen LogP contribution in [0.3, 0.4) is 0 Å². The number of hydrogen-bond acceptors (Lipinski definition) is 3. The van der Waals surface area contributed by atoms with Crippen molar-refractivity contribution in [2.24, 2.45) is 13.0 Å². The van der Waals surface area contributed by atoms with Crippen molar-refractivity contribution in [2.45, 2.75) is 33.2 Å². The maximum Gasteiger partial charge on any atom is 0.223 e. The Bertz CT molecular complexity index is 438. The highest BCUT2D eigenvalue weighted by Crippen LogP contribution is 2.14. The molecule has 2 heterocycles. The summed E-state index contributed by atoms with van der Waals surface area (Å²) in [4.78, 5) is 12.0. The van der Waals surface area contributed by atoms with E-state index >= 15 is 0 Å². The van der Waals surface area contributed by atoms with Crippen LogP contribution in [0, 0.1) is 19.8 Å². The smallest absolute Gasteiger partial charge is 0.223 e. The summed E-state index contributed by atoms with van der Waals surface area (Å²) < 4.78 is 1.86. The zero-order chi connectivity index (χ0) is 13.1. The number of rotatable bonds is 3. The summed E-state index contributed by atoms with van der Waals surface area (Å²) in [6.07, 6.45) is 1.88. The molecule has 0 aromatic carbocycles. The summed E-state index contributed by atoms with van der Waals surface area (Å²) in [7, 11) is 1.93. The molecule has 0 bridgehead atoms. The Morgan fingerprint density at radius 2 is 2.05 bits per heavy atom. The number of halogens is 1. The highest BCUT2D eigenvalue weighted by molar-refractivity contribution is 5.85. The molecule has 0 aliphatic carbocycles. The molecule has 0 atom stereocenters. The number of piperidine rings is 1. The number of nitrogens with one attached hydrogen (secondary N) is 2. The summed E-state index contributed by atoms with van der Waals surface area (Å²) in [5.41, 5.74) is 3.26. The lowest BCUT2D eigenvalue weighted by molar-refractivity contribution is -0.125. The second-order valence-corrected chi connectivity index (χ2v) is 5.02. The van der Waals surface area contributed by atoms with Crippen molar-refractivity contribution >= 4 is 18.3 Å². The van der Waals surface area contributed by atoms with E-state index in [1.54, 1.807) is 0 Å². The zero-order valence-corrected chi connectivity index (χ0v) is 12.6. The lowest BCUT2D eigenvalue weighted by atomic mass is 9.97. The average molecular weight is 287 g/mol. The third-order valence-electron chi connectivity index (χ3n) is 3.81. The van der Waals surface area contributed by atoms with E-state index in [-0.39, 0.29) is 24.2 Å². The molecule has 6 heteroatoms. The minimum atomic E-state index is 0. The number of carbonyl (C=O) groups is 1. The molecule has 1 aromatic heterocycles. The Kier molecular flexibility index (Phi) is 5.82. The second-order valence-electron chi connectivity index (χ2n) is 5.02. The van der Waals surface area contributed by atoms with Gasteiger partial charge in [0.1, 0.15) is 0 Å². The summed E-state index contributed by atoms with van der Waals surface area (Å²) in [5, 5.41) is 10.7. The Morgan fingerprint density at radius 3 is 2.58 bits per heavy atom. The SMILES string of the molecule is Cc1nn(C)c(C)c1CNC(=O)C1CCNCC1.Cl. The van der Waals surface area contributed by atoms with Crippen molar-refractivity contribution in [3.63, 3.8) is 0 Å². The predicted molar refractivity (Wildman–Crippen MR) is 77.4 cm³/mol. The number of nitrogens with zero attached hydrogens (tertiary/aromatic N) is 2. The van der Waals surface area contributed by atoms with Gasteiger partial charge in [0.05, 0.1) is 5.69 Å². The highest BCUT2D eigenvalue weighted by atomic mass is 35.5. The minimum absolute atomic E-state index is 0. The first kappa shape index (κ1) is 16.0. The fraction of sp³-hybridized carbons (Fsp3) is 0.692. The average Bonchev–Trinajstić information content (AvgIpc) is 2.62. The van der Waals surface area contributed by atoms with E-state index in [4.69, 9.17) is 0 Å². The first-order valence-electron chi connectivity index (χ1n) is 6.57. The normalized spacial score (nSPS) is 15.9. The van der Waals surface area contributed by atoms with Crippen molar-refractivity contribution in [3.8, 4) is 0 Å². The second kappa shape index (κ2) is 6.91. The molecule has 1 aliphatic rings. The monoisotopic (exact) mass is 286 g/mol. The topological polar surface area (TPSA) is 59.0 Å². The molecule has 1 aromatic rings. The van der Waals surface area contributed by atoms with Gasteiger partial charge >= 0.3 is 0 Å². The van der Waals surface area contributed by atoms with Gasteiger partial charge in [0.2, 0.25) is 5.91 Å². The van der Waals surface area contributed by atoms with Gasteiger partial charge in [0.25, 0.3) is 0 Å². The van der Waals surface area contributed by atoms with Gasteiger partial charge in [-0.2, -0.15) is 5.10 Å². The molecular formula is C13H23ClN4O. The number of aryl methyl sites for hydroxylation is 2. The van der Waals surface area contributed by atoms with Gasteiger partial charge in [-0.3, -0.25) is 9.48 Å². The van der Waals surface area contributed by atoms with Gasteiger partial charge in [-0.05, 0) is 39.8 Å². The third kappa shape index (κ3) is 3.70. The maximum absolute atomic E-state index is 12.0. The van der Waals surface area contributed by atoms with Gasteiger partial charge in [0, 0.05) is 30.8 Å². The van der Waals surface area contributed by atoms with E-state index in [0.29, 0.717) is 6.54 Å². The maximum atomic E-state index is 12.0. The van der Waals surface area contributed by atoms with Gasteiger partial charge in [-0.15, -0.1) is 12.4 Å². The molecule has 5 nitrogen and oxygen atoms in total. The first-order chi connectivity index (χ1) is 8.59. The summed E-state index contributed by atoms with van der Waals surface area (Å²) in [6, 6.07) is 0. The Balaban J connectivity index is 0.00000180. The number of amides is 1. The lowest BCUT2D eigenvalue weighted by Crippen LogP contribution is -2.38. The predicted octanol–water partition coefficient (Wildman–Crippen LogP) is 1.07. The zero-order valence-electron chi connectivity index (χ0n) is 11.8. The van der Waals surface area contributed by atoms with Crippen molar-refractivity contribution in [1.29, 1.82) is 0 Å². The fourth-order valence-electron chi connectivity index (χ4n) is 2.48. The molecule has 0 saturated carbocycles.